The third-order valence-electron chi connectivity index (χ3n) is 3.39. The van der Waals surface area contributed by atoms with Crippen LogP contribution in [-0.4, -0.2) is 0 Å². The maximum Gasteiger partial charge on any atom is 0.123 e. The minimum atomic E-state index is -0.205. The van der Waals surface area contributed by atoms with Crippen LogP contribution < -0.4 is 0 Å². The van der Waals surface area contributed by atoms with Gasteiger partial charge in [0.05, 0.1) is 0 Å². The fourth-order valence-electron chi connectivity index (χ4n) is 2.35. The van der Waals surface area contributed by atoms with Crippen molar-refractivity contribution in [3.8, 4) is 22.3 Å². The standard InChI is InChI=1S/C19H15F/c1-14-4-2-5-16(12-14)18-7-3-6-17(13-18)15-8-10-19(20)11-9-15/h2-13H,1H3. The van der Waals surface area contributed by atoms with Crippen molar-refractivity contribution in [1.29, 1.82) is 0 Å². The zero-order valence-corrected chi connectivity index (χ0v) is 11.3. The lowest BCUT2D eigenvalue weighted by atomic mass is 9.98. The average Bonchev–Trinajstić information content (AvgIpc) is 2.48. The number of hydrogen-bond acceptors (Lipinski definition) is 0. The monoisotopic (exact) mass is 262 g/mol. The molecule has 0 fully saturated rings. The number of halogens is 1. The van der Waals surface area contributed by atoms with Crippen molar-refractivity contribution in [2.45, 2.75) is 6.92 Å². The Balaban J connectivity index is 2.03. The van der Waals surface area contributed by atoms with Crippen LogP contribution in [0.3, 0.4) is 0 Å². The summed E-state index contributed by atoms with van der Waals surface area (Å²) in [4.78, 5) is 0. The normalized spacial score (nSPS) is 10.5. The molecule has 0 unspecified atom stereocenters. The van der Waals surface area contributed by atoms with E-state index in [9.17, 15) is 4.39 Å². The molecule has 0 nitrogen and oxygen atoms in total. The maximum absolute atomic E-state index is 13.0. The molecule has 0 bridgehead atoms. The van der Waals surface area contributed by atoms with E-state index in [0.717, 1.165) is 11.1 Å². The summed E-state index contributed by atoms with van der Waals surface area (Å²) >= 11 is 0. The smallest absolute Gasteiger partial charge is 0.123 e. The molecule has 0 aliphatic heterocycles. The fraction of sp³-hybridized carbons (Fsp3) is 0.0526. The van der Waals surface area contributed by atoms with Crippen molar-refractivity contribution >= 4 is 0 Å². The van der Waals surface area contributed by atoms with Gasteiger partial charge in [-0.05, 0) is 47.4 Å². The maximum atomic E-state index is 13.0. The lowest BCUT2D eigenvalue weighted by molar-refractivity contribution is 0.628. The van der Waals surface area contributed by atoms with Crippen LogP contribution >= 0.6 is 0 Å². The Labute approximate surface area is 118 Å². The quantitative estimate of drug-likeness (QED) is 0.574. The van der Waals surface area contributed by atoms with E-state index in [2.05, 4.69) is 43.3 Å². The fourth-order valence-corrected chi connectivity index (χ4v) is 2.35. The van der Waals surface area contributed by atoms with Crippen LogP contribution in [0.15, 0.2) is 72.8 Å². The Morgan fingerprint density at radius 2 is 1.15 bits per heavy atom. The molecule has 0 saturated carbocycles. The van der Waals surface area contributed by atoms with Crippen LogP contribution in [-0.2, 0) is 0 Å². The Bertz CT molecular complexity index is 727. The van der Waals surface area contributed by atoms with Gasteiger partial charge in [-0.1, -0.05) is 60.2 Å². The van der Waals surface area contributed by atoms with E-state index in [1.165, 1.54) is 28.8 Å². The predicted molar refractivity (Wildman–Crippen MR) is 82.0 cm³/mol. The number of aryl methyl sites for hydroxylation is 1. The topological polar surface area (TPSA) is 0 Å². The summed E-state index contributed by atoms with van der Waals surface area (Å²) in [7, 11) is 0. The van der Waals surface area contributed by atoms with E-state index in [1.54, 1.807) is 0 Å². The summed E-state index contributed by atoms with van der Waals surface area (Å²) in [5.74, 6) is -0.205. The Kier molecular flexibility index (Phi) is 3.34. The summed E-state index contributed by atoms with van der Waals surface area (Å²) in [6.45, 7) is 2.09. The Morgan fingerprint density at radius 3 is 1.80 bits per heavy atom. The van der Waals surface area contributed by atoms with Crippen molar-refractivity contribution in [2.24, 2.45) is 0 Å². The first kappa shape index (κ1) is 12.6. The molecule has 0 aliphatic rings. The van der Waals surface area contributed by atoms with E-state index < -0.39 is 0 Å². The Morgan fingerprint density at radius 1 is 0.600 bits per heavy atom. The van der Waals surface area contributed by atoms with Gasteiger partial charge < -0.3 is 0 Å². The van der Waals surface area contributed by atoms with Gasteiger partial charge >= 0.3 is 0 Å². The van der Waals surface area contributed by atoms with Gasteiger partial charge in [0.25, 0.3) is 0 Å². The second kappa shape index (κ2) is 5.30. The van der Waals surface area contributed by atoms with Gasteiger partial charge in [-0.3, -0.25) is 0 Å². The van der Waals surface area contributed by atoms with E-state index in [1.807, 2.05) is 24.3 Å². The van der Waals surface area contributed by atoms with Crippen molar-refractivity contribution < 1.29 is 4.39 Å². The van der Waals surface area contributed by atoms with Crippen molar-refractivity contribution in [1.82, 2.24) is 0 Å². The summed E-state index contributed by atoms with van der Waals surface area (Å²) < 4.78 is 13.0. The van der Waals surface area contributed by atoms with Gasteiger partial charge in [0.2, 0.25) is 0 Å². The second-order valence-electron chi connectivity index (χ2n) is 4.96. The van der Waals surface area contributed by atoms with Crippen LogP contribution in [0.1, 0.15) is 5.56 Å². The van der Waals surface area contributed by atoms with Crippen molar-refractivity contribution in [3.05, 3.63) is 84.2 Å². The minimum Gasteiger partial charge on any atom is -0.207 e. The first-order valence-electron chi connectivity index (χ1n) is 6.65. The third-order valence-corrected chi connectivity index (χ3v) is 3.39. The van der Waals surface area contributed by atoms with E-state index in [-0.39, 0.29) is 5.82 Å². The van der Waals surface area contributed by atoms with E-state index >= 15 is 0 Å². The molecule has 1 heteroatoms. The van der Waals surface area contributed by atoms with Gasteiger partial charge in [0, 0.05) is 0 Å². The van der Waals surface area contributed by atoms with E-state index in [4.69, 9.17) is 0 Å². The van der Waals surface area contributed by atoms with Gasteiger partial charge in [-0.2, -0.15) is 0 Å². The summed E-state index contributed by atoms with van der Waals surface area (Å²) in [6, 6.07) is 23.4. The zero-order valence-electron chi connectivity index (χ0n) is 11.3. The largest absolute Gasteiger partial charge is 0.207 e. The van der Waals surface area contributed by atoms with Crippen molar-refractivity contribution in [3.63, 3.8) is 0 Å². The summed E-state index contributed by atoms with van der Waals surface area (Å²) in [5, 5.41) is 0. The predicted octanol–water partition coefficient (Wildman–Crippen LogP) is 5.47. The molecule has 0 saturated heterocycles. The molecule has 0 aliphatic carbocycles. The molecule has 3 aromatic carbocycles. The highest BCUT2D eigenvalue weighted by Crippen LogP contribution is 2.26. The molecule has 0 N–H and O–H groups in total. The number of rotatable bonds is 2. The molecule has 0 atom stereocenters. The van der Waals surface area contributed by atoms with Crippen molar-refractivity contribution in [2.75, 3.05) is 0 Å². The molecule has 0 heterocycles. The van der Waals surface area contributed by atoms with Crippen LogP contribution in [0.2, 0.25) is 0 Å². The molecule has 0 spiro atoms. The number of hydrogen-bond donors (Lipinski definition) is 0. The SMILES string of the molecule is Cc1cccc(-c2cccc(-c3ccc(F)cc3)c2)c1. The number of benzene rings is 3. The average molecular weight is 262 g/mol. The van der Waals surface area contributed by atoms with Crippen LogP contribution in [0.4, 0.5) is 4.39 Å². The summed E-state index contributed by atoms with van der Waals surface area (Å²) in [6.07, 6.45) is 0. The van der Waals surface area contributed by atoms with Gasteiger partial charge in [-0.15, -0.1) is 0 Å². The first-order valence-corrected chi connectivity index (χ1v) is 6.65. The molecule has 98 valence electrons. The van der Waals surface area contributed by atoms with Crippen LogP contribution in [0.25, 0.3) is 22.3 Å². The highest BCUT2D eigenvalue weighted by atomic mass is 19.1. The molecular weight excluding hydrogens is 247 g/mol. The molecule has 0 amide bonds. The van der Waals surface area contributed by atoms with Crippen LogP contribution in [0, 0.1) is 12.7 Å². The highest BCUT2D eigenvalue weighted by molar-refractivity contribution is 5.73. The van der Waals surface area contributed by atoms with Crippen LogP contribution in [0.5, 0.6) is 0 Å². The molecule has 3 aromatic rings. The second-order valence-corrected chi connectivity index (χ2v) is 4.96. The van der Waals surface area contributed by atoms with E-state index in [0.29, 0.717) is 0 Å². The zero-order chi connectivity index (χ0) is 13.9. The molecule has 3 rings (SSSR count). The van der Waals surface area contributed by atoms with Gasteiger partial charge in [0.15, 0.2) is 0 Å². The first-order chi connectivity index (χ1) is 9.72. The Hall–Kier alpha value is -2.41. The highest BCUT2D eigenvalue weighted by Gasteiger charge is 2.02. The summed E-state index contributed by atoms with van der Waals surface area (Å²) in [5.41, 5.74) is 5.75. The lowest BCUT2D eigenvalue weighted by Gasteiger charge is -2.07. The lowest BCUT2D eigenvalue weighted by Crippen LogP contribution is -1.83. The molecule has 20 heavy (non-hydrogen) atoms. The van der Waals surface area contributed by atoms with Gasteiger partial charge in [0.1, 0.15) is 5.82 Å². The molecular formula is C19H15F. The minimum absolute atomic E-state index is 0.205. The van der Waals surface area contributed by atoms with Gasteiger partial charge in [-0.25, -0.2) is 4.39 Å². The molecule has 0 radical (unpaired) electrons. The molecule has 0 aromatic heterocycles. The third kappa shape index (κ3) is 2.62.